The summed E-state index contributed by atoms with van der Waals surface area (Å²) in [5.74, 6) is 0. The molecule has 1 aromatic rings. The second-order valence-electron chi connectivity index (χ2n) is 5.64. The summed E-state index contributed by atoms with van der Waals surface area (Å²) in [5, 5.41) is 0.677. The highest BCUT2D eigenvalue weighted by Gasteiger charge is 2.52. The van der Waals surface area contributed by atoms with Gasteiger partial charge in [-0.05, 0) is 50.9 Å². The second-order valence-corrected chi connectivity index (χ2v) is 6.07. The average molecular weight is 268 g/mol. The minimum Gasteiger partial charge on any atom is -0.399 e. The molecule has 3 nitrogen and oxygen atoms in total. The molecule has 2 N–H and O–H groups in total. The van der Waals surface area contributed by atoms with E-state index in [0.717, 1.165) is 11.0 Å². The molecule has 0 aromatic heterocycles. The molecule has 1 fully saturated rings. The van der Waals surface area contributed by atoms with Crippen LogP contribution in [0.1, 0.15) is 33.3 Å². The fourth-order valence-corrected chi connectivity index (χ4v) is 2.15. The molecular formula is C13H19BClNO2. The largest absolute Gasteiger partial charge is 0.495 e. The Kier molecular flexibility index (Phi) is 3.49. The van der Waals surface area contributed by atoms with Crippen molar-refractivity contribution in [1.29, 1.82) is 0 Å². The lowest BCUT2D eigenvalue weighted by molar-refractivity contribution is 0.00578. The third kappa shape index (κ3) is 2.30. The zero-order valence-electron chi connectivity index (χ0n) is 11.3. The highest BCUT2D eigenvalue weighted by Crippen LogP contribution is 2.36. The summed E-state index contributed by atoms with van der Waals surface area (Å²) >= 11 is 5.98. The third-order valence-electron chi connectivity index (χ3n) is 3.83. The summed E-state index contributed by atoms with van der Waals surface area (Å²) in [4.78, 5) is 0. The molecule has 18 heavy (non-hydrogen) atoms. The number of halogens is 1. The van der Waals surface area contributed by atoms with Crippen LogP contribution < -0.4 is 11.2 Å². The van der Waals surface area contributed by atoms with E-state index in [4.69, 9.17) is 26.6 Å². The molecule has 0 saturated carbocycles. The maximum atomic E-state index is 6.01. The molecule has 0 bridgehead atoms. The molecule has 0 aliphatic carbocycles. The number of nitrogens with two attached hydrogens (primary N) is 1. The SMILES string of the molecule is CC1(C)OB(c2ccc(Cl)cc2CN)OC1(C)C. The molecule has 1 heterocycles. The van der Waals surface area contributed by atoms with Gasteiger partial charge in [0.25, 0.3) is 0 Å². The van der Waals surface area contributed by atoms with Gasteiger partial charge in [0.05, 0.1) is 11.2 Å². The van der Waals surface area contributed by atoms with Crippen molar-refractivity contribution in [3.8, 4) is 0 Å². The summed E-state index contributed by atoms with van der Waals surface area (Å²) < 4.78 is 12.0. The van der Waals surface area contributed by atoms with Crippen LogP contribution in [0.4, 0.5) is 0 Å². The van der Waals surface area contributed by atoms with E-state index in [1.54, 1.807) is 0 Å². The first-order chi connectivity index (χ1) is 8.27. The fourth-order valence-electron chi connectivity index (χ4n) is 1.95. The minimum atomic E-state index is -0.384. The van der Waals surface area contributed by atoms with E-state index in [9.17, 15) is 0 Å². The quantitative estimate of drug-likeness (QED) is 0.835. The standard InChI is InChI=1S/C13H19BClNO2/c1-12(2)13(3,4)18-14(17-12)11-6-5-10(15)7-9(11)8-16/h5-7H,8,16H2,1-4H3. The summed E-state index contributed by atoms with van der Waals surface area (Å²) in [7, 11) is -0.384. The number of hydrogen-bond acceptors (Lipinski definition) is 3. The molecule has 0 spiro atoms. The topological polar surface area (TPSA) is 44.5 Å². The zero-order valence-corrected chi connectivity index (χ0v) is 12.0. The predicted molar refractivity (Wildman–Crippen MR) is 75.1 cm³/mol. The zero-order chi connectivity index (χ0) is 13.6. The molecule has 0 radical (unpaired) electrons. The van der Waals surface area contributed by atoms with E-state index < -0.39 is 0 Å². The van der Waals surface area contributed by atoms with Crippen molar-refractivity contribution in [3.05, 3.63) is 28.8 Å². The van der Waals surface area contributed by atoms with Crippen LogP contribution >= 0.6 is 11.6 Å². The van der Waals surface area contributed by atoms with E-state index in [1.165, 1.54) is 0 Å². The molecule has 98 valence electrons. The smallest absolute Gasteiger partial charge is 0.399 e. The van der Waals surface area contributed by atoms with E-state index in [0.29, 0.717) is 11.6 Å². The van der Waals surface area contributed by atoms with Gasteiger partial charge in [-0.15, -0.1) is 0 Å². The van der Waals surface area contributed by atoms with Gasteiger partial charge in [-0.25, -0.2) is 0 Å². The van der Waals surface area contributed by atoms with Gasteiger partial charge < -0.3 is 15.0 Å². The summed E-state index contributed by atoms with van der Waals surface area (Å²) in [5.41, 5.74) is 6.98. The first kappa shape index (κ1) is 13.9. The Labute approximate surface area is 114 Å². The number of benzene rings is 1. The Morgan fingerprint density at radius 2 is 1.72 bits per heavy atom. The average Bonchev–Trinajstić information content (AvgIpc) is 2.47. The molecule has 5 heteroatoms. The molecule has 0 atom stereocenters. The highest BCUT2D eigenvalue weighted by atomic mass is 35.5. The molecule has 0 unspecified atom stereocenters. The second kappa shape index (κ2) is 4.53. The van der Waals surface area contributed by atoms with E-state index in [1.807, 2.05) is 45.9 Å². The van der Waals surface area contributed by atoms with E-state index in [2.05, 4.69) is 0 Å². The Morgan fingerprint density at radius 1 is 1.17 bits per heavy atom. The van der Waals surface area contributed by atoms with Gasteiger partial charge in [0.15, 0.2) is 0 Å². The molecular weight excluding hydrogens is 248 g/mol. The highest BCUT2D eigenvalue weighted by molar-refractivity contribution is 6.62. The minimum absolute atomic E-state index is 0.344. The molecule has 0 amide bonds. The molecule has 1 aromatic carbocycles. The van der Waals surface area contributed by atoms with Crippen molar-refractivity contribution in [2.24, 2.45) is 5.73 Å². The summed E-state index contributed by atoms with van der Waals surface area (Å²) in [6.45, 7) is 8.55. The van der Waals surface area contributed by atoms with Gasteiger partial charge in [0, 0.05) is 11.6 Å². The summed E-state index contributed by atoms with van der Waals surface area (Å²) in [6.07, 6.45) is 0. The van der Waals surface area contributed by atoms with Gasteiger partial charge in [-0.3, -0.25) is 0 Å². The normalized spacial score (nSPS) is 21.3. The van der Waals surface area contributed by atoms with Crippen molar-refractivity contribution in [2.75, 3.05) is 0 Å². The lowest BCUT2D eigenvalue weighted by Crippen LogP contribution is -2.41. The number of hydrogen-bond donors (Lipinski definition) is 1. The van der Waals surface area contributed by atoms with Crippen LogP contribution in [0.5, 0.6) is 0 Å². The van der Waals surface area contributed by atoms with Crippen LogP contribution in [0.15, 0.2) is 18.2 Å². The van der Waals surface area contributed by atoms with Gasteiger partial charge in [-0.2, -0.15) is 0 Å². The van der Waals surface area contributed by atoms with Crippen LogP contribution in [0, 0.1) is 0 Å². The van der Waals surface area contributed by atoms with E-state index >= 15 is 0 Å². The molecule has 2 rings (SSSR count). The first-order valence-corrected chi connectivity index (χ1v) is 6.49. The monoisotopic (exact) mass is 267 g/mol. The van der Waals surface area contributed by atoms with Crippen molar-refractivity contribution >= 4 is 24.2 Å². The maximum absolute atomic E-state index is 6.01. The number of rotatable bonds is 2. The van der Waals surface area contributed by atoms with Crippen LogP contribution in [0.2, 0.25) is 5.02 Å². The predicted octanol–water partition coefficient (Wildman–Crippen LogP) is 2.10. The van der Waals surface area contributed by atoms with Crippen molar-refractivity contribution in [3.63, 3.8) is 0 Å². The van der Waals surface area contributed by atoms with Crippen LogP contribution in [-0.2, 0) is 15.9 Å². The lowest BCUT2D eigenvalue weighted by Gasteiger charge is -2.32. The first-order valence-electron chi connectivity index (χ1n) is 6.11. The van der Waals surface area contributed by atoms with Gasteiger partial charge >= 0.3 is 7.12 Å². The Hall–Kier alpha value is -0.545. The lowest BCUT2D eigenvalue weighted by atomic mass is 9.76. The third-order valence-corrected chi connectivity index (χ3v) is 4.07. The van der Waals surface area contributed by atoms with Gasteiger partial charge in [0.2, 0.25) is 0 Å². The molecule has 1 aliphatic heterocycles. The Bertz CT molecular complexity index is 446. The van der Waals surface area contributed by atoms with Gasteiger partial charge in [0.1, 0.15) is 0 Å². The Morgan fingerprint density at radius 3 is 2.22 bits per heavy atom. The van der Waals surface area contributed by atoms with E-state index in [-0.39, 0.29) is 18.3 Å². The van der Waals surface area contributed by atoms with Crippen LogP contribution in [0.3, 0.4) is 0 Å². The van der Waals surface area contributed by atoms with Crippen molar-refractivity contribution in [1.82, 2.24) is 0 Å². The molecule has 1 saturated heterocycles. The van der Waals surface area contributed by atoms with Crippen LogP contribution in [-0.4, -0.2) is 18.3 Å². The summed E-state index contributed by atoms with van der Waals surface area (Å²) in [6, 6.07) is 5.62. The van der Waals surface area contributed by atoms with Crippen LogP contribution in [0.25, 0.3) is 0 Å². The maximum Gasteiger partial charge on any atom is 0.495 e. The fraction of sp³-hybridized carbons (Fsp3) is 0.538. The molecule has 1 aliphatic rings. The van der Waals surface area contributed by atoms with Gasteiger partial charge in [-0.1, -0.05) is 17.7 Å². The van der Waals surface area contributed by atoms with Crippen molar-refractivity contribution in [2.45, 2.75) is 45.4 Å². The van der Waals surface area contributed by atoms with Crippen molar-refractivity contribution < 1.29 is 9.31 Å². The Balaban J connectivity index is 2.35.